The van der Waals surface area contributed by atoms with Gasteiger partial charge in [0.15, 0.2) is 0 Å². The summed E-state index contributed by atoms with van der Waals surface area (Å²) in [4.78, 5) is 24.3. The van der Waals surface area contributed by atoms with Gasteiger partial charge in [0, 0.05) is 37.3 Å². The Kier molecular flexibility index (Phi) is 7.61. The Balaban J connectivity index is 2.37. The van der Waals surface area contributed by atoms with E-state index in [2.05, 4.69) is 24.5 Å². The number of halogens is 2. The lowest BCUT2D eigenvalue weighted by atomic mass is 9.73. The summed E-state index contributed by atoms with van der Waals surface area (Å²) in [5, 5.41) is 5.70. The second-order valence-corrected chi connectivity index (χ2v) is 7.48. The van der Waals surface area contributed by atoms with Crippen molar-refractivity contribution in [3.63, 3.8) is 0 Å². The minimum absolute atomic E-state index is 0.00558. The number of carbonyl (C=O) groups is 2. The number of alkyl halides is 2. The Bertz CT molecular complexity index is 427. The molecule has 0 heterocycles. The zero-order chi connectivity index (χ0) is 18.4. The van der Waals surface area contributed by atoms with E-state index in [0.29, 0.717) is 18.9 Å². The molecule has 0 aromatic heterocycles. The van der Waals surface area contributed by atoms with Crippen LogP contribution in [0.1, 0.15) is 72.6 Å². The maximum absolute atomic E-state index is 13.3. The van der Waals surface area contributed by atoms with Crippen molar-refractivity contribution in [1.29, 1.82) is 0 Å². The lowest BCUT2D eigenvalue weighted by Crippen LogP contribution is -2.48. The third-order valence-electron chi connectivity index (χ3n) is 5.24. The fraction of sp³-hybridized carbons (Fsp3) is 0.889. The molecule has 1 unspecified atom stereocenters. The molecule has 1 aliphatic rings. The van der Waals surface area contributed by atoms with Gasteiger partial charge in [0.25, 0.3) is 0 Å². The van der Waals surface area contributed by atoms with Crippen LogP contribution in [0.15, 0.2) is 0 Å². The normalized spacial score (nSPS) is 20.5. The van der Waals surface area contributed by atoms with Crippen LogP contribution >= 0.6 is 0 Å². The third-order valence-corrected chi connectivity index (χ3v) is 5.24. The van der Waals surface area contributed by atoms with Crippen LogP contribution in [0.3, 0.4) is 0 Å². The highest BCUT2D eigenvalue weighted by molar-refractivity contribution is 5.82. The molecule has 0 aromatic carbocycles. The van der Waals surface area contributed by atoms with Gasteiger partial charge in [-0.05, 0) is 25.7 Å². The highest BCUT2D eigenvalue weighted by Gasteiger charge is 2.44. The average Bonchev–Trinajstić information content (AvgIpc) is 2.53. The Labute approximate surface area is 144 Å². The highest BCUT2D eigenvalue weighted by atomic mass is 19.3. The number of hydrogen-bond donors (Lipinski definition) is 2. The van der Waals surface area contributed by atoms with E-state index in [1.165, 1.54) is 0 Å². The molecular weight excluding hydrogens is 314 g/mol. The molecule has 0 bridgehead atoms. The number of hydrogen-bond acceptors (Lipinski definition) is 2. The van der Waals surface area contributed by atoms with Crippen LogP contribution in [0.25, 0.3) is 0 Å². The monoisotopic (exact) mass is 346 g/mol. The van der Waals surface area contributed by atoms with Crippen molar-refractivity contribution >= 4 is 11.8 Å². The fourth-order valence-electron chi connectivity index (χ4n) is 3.08. The molecule has 24 heavy (non-hydrogen) atoms. The SMILES string of the molecule is CCC(CC)CC(=O)NC(C)CNC(=O)C1(C)CCC(F)(F)CC1. The van der Waals surface area contributed by atoms with Crippen LogP contribution in [0.5, 0.6) is 0 Å². The summed E-state index contributed by atoms with van der Waals surface area (Å²) in [6.45, 7) is 8.04. The number of amides is 2. The molecule has 0 aliphatic heterocycles. The van der Waals surface area contributed by atoms with E-state index in [4.69, 9.17) is 0 Å². The van der Waals surface area contributed by atoms with Gasteiger partial charge < -0.3 is 10.6 Å². The van der Waals surface area contributed by atoms with E-state index < -0.39 is 11.3 Å². The van der Waals surface area contributed by atoms with E-state index in [1.807, 2.05) is 6.92 Å². The predicted molar refractivity (Wildman–Crippen MR) is 90.8 cm³/mol. The Hall–Kier alpha value is -1.20. The summed E-state index contributed by atoms with van der Waals surface area (Å²) in [5.74, 6) is -2.46. The minimum Gasteiger partial charge on any atom is -0.354 e. The smallest absolute Gasteiger partial charge is 0.248 e. The van der Waals surface area contributed by atoms with Gasteiger partial charge in [-0.1, -0.05) is 33.6 Å². The second kappa shape index (κ2) is 8.77. The first kappa shape index (κ1) is 20.8. The molecule has 0 aromatic rings. The van der Waals surface area contributed by atoms with Crippen LogP contribution < -0.4 is 10.6 Å². The van der Waals surface area contributed by atoms with Gasteiger partial charge in [-0.25, -0.2) is 8.78 Å². The number of carbonyl (C=O) groups excluding carboxylic acids is 2. The van der Waals surface area contributed by atoms with Gasteiger partial charge in [0.05, 0.1) is 0 Å². The average molecular weight is 346 g/mol. The van der Waals surface area contributed by atoms with Crippen LogP contribution in [0, 0.1) is 11.3 Å². The number of nitrogens with one attached hydrogen (secondary N) is 2. The first-order chi connectivity index (χ1) is 11.1. The van der Waals surface area contributed by atoms with E-state index in [0.717, 1.165) is 12.8 Å². The zero-order valence-electron chi connectivity index (χ0n) is 15.4. The molecule has 1 fully saturated rings. The summed E-state index contributed by atoms with van der Waals surface area (Å²) in [6, 6.07) is -0.176. The Morgan fingerprint density at radius 3 is 2.12 bits per heavy atom. The molecule has 2 N–H and O–H groups in total. The molecule has 0 radical (unpaired) electrons. The van der Waals surface area contributed by atoms with Crippen molar-refractivity contribution in [3.8, 4) is 0 Å². The predicted octanol–water partition coefficient (Wildman–Crippen LogP) is 3.65. The van der Waals surface area contributed by atoms with Gasteiger partial charge in [0.2, 0.25) is 17.7 Å². The summed E-state index contributed by atoms with van der Waals surface area (Å²) in [5.41, 5.74) is -0.735. The molecule has 0 saturated heterocycles. The molecular formula is C18H32F2N2O2. The van der Waals surface area contributed by atoms with Crippen molar-refractivity contribution < 1.29 is 18.4 Å². The molecule has 1 aliphatic carbocycles. The molecule has 1 rings (SSSR count). The van der Waals surface area contributed by atoms with Gasteiger partial charge >= 0.3 is 0 Å². The van der Waals surface area contributed by atoms with Crippen molar-refractivity contribution in [1.82, 2.24) is 10.6 Å². The van der Waals surface area contributed by atoms with Crippen LogP contribution in [-0.2, 0) is 9.59 Å². The quantitative estimate of drug-likeness (QED) is 0.705. The summed E-state index contributed by atoms with van der Waals surface area (Å²) >= 11 is 0. The molecule has 0 spiro atoms. The van der Waals surface area contributed by atoms with Crippen LogP contribution in [0.4, 0.5) is 8.78 Å². The maximum atomic E-state index is 13.3. The molecule has 4 nitrogen and oxygen atoms in total. The fourth-order valence-corrected chi connectivity index (χ4v) is 3.08. The molecule has 6 heteroatoms. The van der Waals surface area contributed by atoms with Crippen molar-refractivity contribution in [2.24, 2.45) is 11.3 Å². The number of rotatable bonds is 8. The van der Waals surface area contributed by atoms with Crippen molar-refractivity contribution in [3.05, 3.63) is 0 Å². The topological polar surface area (TPSA) is 58.2 Å². The van der Waals surface area contributed by atoms with Crippen LogP contribution in [0.2, 0.25) is 0 Å². The lowest BCUT2D eigenvalue weighted by Gasteiger charge is -2.36. The molecule has 1 saturated carbocycles. The maximum Gasteiger partial charge on any atom is 0.248 e. The van der Waals surface area contributed by atoms with Gasteiger partial charge in [-0.2, -0.15) is 0 Å². The van der Waals surface area contributed by atoms with Gasteiger partial charge in [-0.15, -0.1) is 0 Å². The molecule has 1 atom stereocenters. The van der Waals surface area contributed by atoms with Crippen molar-refractivity contribution in [2.75, 3.05) is 6.54 Å². The highest BCUT2D eigenvalue weighted by Crippen LogP contribution is 2.43. The standard InChI is InChI=1S/C18H32F2N2O2/c1-5-14(6-2)11-15(23)22-13(3)12-21-16(24)17(4)7-9-18(19,20)10-8-17/h13-14H,5-12H2,1-4H3,(H,21,24)(H,22,23). The lowest BCUT2D eigenvalue weighted by molar-refractivity contribution is -0.137. The van der Waals surface area contributed by atoms with Crippen molar-refractivity contribution in [2.45, 2.75) is 84.6 Å². The van der Waals surface area contributed by atoms with E-state index in [9.17, 15) is 18.4 Å². The Morgan fingerprint density at radius 2 is 1.62 bits per heavy atom. The molecule has 140 valence electrons. The van der Waals surface area contributed by atoms with E-state index >= 15 is 0 Å². The summed E-state index contributed by atoms with van der Waals surface area (Å²) in [6.07, 6.45) is 2.36. The van der Waals surface area contributed by atoms with E-state index in [-0.39, 0.29) is 43.5 Å². The van der Waals surface area contributed by atoms with Gasteiger partial charge in [0.1, 0.15) is 0 Å². The zero-order valence-corrected chi connectivity index (χ0v) is 15.4. The van der Waals surface area contributed by atoms with Crippen LogP contribution in [-0.4, -0.2) is 30.3 Å². The van der Waals surface area contributed by atoms with Gasteiger partial charge in [-0.3, -0.25) is 9.59 Å². The second-order valence-electron chi connectivity index (χ2n) is 7.48. The Morgan fingerprint density at radius 1 is 1.08 bits per heavy atom. The molecule has 2 amide bonds. The third kappa shape index (κ3) is 6.36. The minimum atomic E-state index is -2.64. The largest absolute Gasteiger partial charge is 0.354 e. The first-order valence-corrected chi connectivity index (χ1v) is 9.07. The summed E-state index contributed by atoms with van der Waals surface area (Å²) in [7, 11) is 0. The first-order valence-electron chi connectivity index (χ1n) is 9.07. The summed E-state index contributed by atoms with van der Waals surface area (Å²) < 4.78 is 26.5. The van der Waals surface area contributed by atoms with E-state index in [1.54, 1.807) is 6.92 Å².